The second kappa shape index (κ2) is 5.36. The predicted molar refractivity (Wildman–Crippen MR) is 85.9 cm³/mol. The van der Waals surface area contributed by atoms with Crippen molar-refractivity contribution in [2.24, 2.45) is 11.8 Å². The van der Waals surface area contributed by atoms with E-state index in [1.165, 1.54) is 24.0 Å². The molecule has 0 aromatic heterocycles. The lowest BCUT2D eigenvalue weighted by molar-refractivity contribution is -0.146. The van der Waals surface area contributed by atoms with Gasteiger partial charge < -0.3 is 10.0 Å². The zero-order valence-electron chi connectivity index (χ0n) is 13.3. The summed E-state index contributed by atoms with van der Waals surface area (Å²) in [5.41, 5.74) is 2.95. The molecule has 1 N–H and O–H groups in total. The molecule has 1 amide bonds. The van der Waals surface area contributed by atoms with Gasteiger partial charge in [-0.2, -0.15) is 0 Å². The highest BCUT2D eigenvalue weighted by Crippen LogP contribution is 2.52. The summed E-state index contributed by atoms with van der Waals surface area (Å²) < 4.78 is 0. The Morgan fingerprint density at radius 1 is 1.04 bits per heavy atom. The first-order valence-corrected chi connectivity index (χ1v) is 8.69. The highest BCUT2D eigenvalue weighted by Gasteiger charge is 2.50. The van der Waals surface area contributed by atoms with Crippen LogP contribution in [0.3, 0.4) is 0 Å². The van der Waals surface area contributed by atoms with E-state index in [4.69, 9.17) is 5.11 Å². The molecule has 0 unspecified atom stereocenters. The van der Waals surface area contributed by atoms with Gasteiger partial charge in [-0.1, -0.05) is 24.3 Å². The molecule has 122 valence electrons. The fraction of sp³-hybridized carbons (Fsp3) is 0.579. The van der Waals surface area contributed by atoms with E-state index in [1.807, 2.05) is 4.90 Å². The summed E-state index contributed by atoms with van der Waals surface area (Å²) in [4.78, 5) is 26.0. The SMILES string of the molecule is O=C(O)C1CCC(C(=O)N2Cc3ccccc3C3(CC3)C2)CC1. The van der Waals surface area contributed by atoms with Gasteiger partial charge in [0.1, 0.15) is 0 Å². The third kappa shape index (κ3) is 2.54. The molecule has 0 saturated heterocycles. The quantitative estimate of drug-likeness (QED) is 0.913. The number of hydrogen-bond acceptors (Lipinski definition) is 2. The van der Waals surface area contributed by atoms with Crippen molar-refractivity contribution >= 4 is 11.9 Å². The van der Waals surface area contributed by atoms with Crippen molar-refractivity contribution < 1.29 is 14.7 Å². The molecule has 0 radical (unpaired) electrons. The molecule has 1 aliphatic heterocycles. The van der Waals surface area contributed by atoms with Crippen LogP contribution < -0.4 is 0 Å². The zero-order chi connectivity index (χ0) is 16.0. The van der Waals surface area contributed by atoms with Gasteiger partial charge in [0.25, 0.3) is 0 Å². The molecule has 4 heteroatoms. The fourth-order valence-corrected chi connectivity index (χ4v) is 4.47. The molecule has 4 rings (SSSR count). The summed E-state index contributed by atoms with van der Waals surface area (Å²) >= 11 is 0. The molecule has 2 fully saturated rings. The monoisotopic (exact) mass is 313 g/mol. The minimum Gasteiger partial charge on any atom is -0.481 e. The largest absolute Gasteiger partial charge is 0.481 e. The predicted octanol–water partition coefficient (Wildman–Crippen LogP) is 2.95. The molecular weight excluding hydrogens is 290 g/mol. The van der Waals surface area contributed by atoms with E-state index in [2.05, 4.69) is 24.3 Å². The summed E-state index contributed by atoms with van der Waals surface area (Å²) in [6.45, 7) is 1.57. The average molecular weight is 313 g/mol. The number of carbonyl (C=O) groups excluding carboxylic acids is 1. The number of hydrogen-bond donors (Lipinski definition) is 1. The van der Waals surface area contributed by atoms with Crippen LogP contribution in [0.2, 0.25) is 0 Å². The topological polar surface area (TPSA) is 57.6 Å². The van der Waals surface area contributed by atoms with Gasteiger partial charge in [0, 0.05) is 24.4 Å². The van der Waals surface area contributed by atoms with Gasteiger partial charge >= 0.3 is 5.97 Å². The molecule has 2 saturated carbocycles. The van der Waals surface area contributed by atoms with Crippen LogP contribution in [0.15, 0.2) is 24.3 Å². The van der Waals surface area contributed by atoms with Crippen molar-refractivity contribution in [2.75, 3.05) is 6.54 Å². The van der Waals surface area contributed by atoms with E-state index in [9.17, 15) is 9.59 Å². The number of amides is 1. The molecule has 23 heavy (non-hydrogen) atoms. The Morgan fingerprint density at radius 3 is 2.35 bits per heavy atom. The van der Waals surface area contributed by atoms with E-state index in [1.54, 1.807) is 0 Å². The number of carboxylic acids is 1. The van der Waals surface area contributed by atoms with Crippen LogP contribution in [-0.4, -0.2) is 28.4 Å². The van der Waals surface area contributed by atoms with Gasteiger partial charge in [-0.25, -0.2) is 0 Å². The lowest BCUT2D eigenvalue weighted by Crippen LogP contribution is -2.45. The molecule has 2 aliphatic carbocycles. The van der Waals surface area contributed by atoms with Crippen molar-refractivity contribution in [2.45, 2.75) is 50.5 Å². The lowest BCUT2D eigenvalue weighted by Gasteiger charge is -2.38. The van der Waals surface area contributed by atoms with Crippen LogP contribution in [0.1, 0.15) is 49.7 Å². The molecule has 1 spiro atoms. The van der Waals surface area contributed by atoms with Gasteiger partial charge in [0.15, 0.2) is 0 Å². The lowest BCUT2D eigenvalue weighted by atomic mass is 9.80. The number of fused-ring (bicyclic) bond motifs is 2. The van der Waals surface area contributed by atoms with Crippen LogP contribution in [-0.2, 0) is 21.5 Å². The number of aliphatic carboxylic acids is 1. The molecule has 4 nitrogen and oxygen atoms in total. The Bertz CT molecular complexity index is 642. The number of nitrogens with zero attached hydrogens (tertiary/aromatic N) is 1. The summed E-state index contributed by atoms with van der Waals surface area (Å²) in [5.74, 6) is -0.697. The number of benzene rings is 1. The first-order chi connectivity index (χ1) is 11.1. The van der Waals surface area contributed by atoms with Gasteiger partial charge in [0.05, 0.1) is 5.92 Å². The Kier molecular flexibility index (Phi) is 3.43. The molecule has 3 aliphatic rings. The Morgan fingerprint density at radius 2 is 1.70 bits per heavy atom. The van der Waals surface area contributed by atoms with E-state index < -0.39 is 5.97 Å². The van der Waals surface area contributed by atoms with E-state index in [0.29, 0.717) is 12.8 Å². The Balaban J connectivity index is 1.48. The second-order valence-electron chi connectivity index (χ2n) is 7.52. The van der Waals surface area contributed by atoms with Crippen LogP contribution in [0.25, 0.3) is 0 Å². The standard InChI is InChI=1S/C19H23NO3/c21-17(13-5-7-14(8-6-13)18(22)23)20-11-15-3-1-2-4-16(15)19(12-20)9-10-19/h1-4,13-14H,5-12H2,(H,22,23). The van der Waals surface area contributed by atoms with E-state index in [0.717, 1.165) is 25.9 Å². The molecule has 0 bridgehead atoms. The van der Waals surface area contributed by atoms with Crippen molar-refractivity contribution in [1.82, 2.24) is 4.90 Å². The maximum Gasteiger partial charge on any atom is 0.306 e. The second-order valence-corrected chi connectivity index (χ2v) is 7.52. The average Bonchev–Trinajstić information content (AvgIpc) is 3.34. The number of carboxylic acid groups (broad SMARTS) is 1. The molecule has 1 aromatic rings. The third-order valence-electron chi connectivity index (χ3n) is 6.03. The smallest absolute Gasteiger partial charge is 0.306 e. The maximum atomic E-state index is 12.9. The molecule has 1 aromatic carbocycles. The first kappa shape index (κ1) is 14.7. The van der Waals surface area contributed by atoms with Crippen molar-refractivity contribution in [1.29, 1.82) is 0 Å². The van der Waals surface area contributed by atoms with E-state index >= 15 is 0 Å². The minimum absolute atomic E-state index is 0.0201. The normalized spacial score (nSPS) is 28.3. The molecular formula is C19H23NO3. The maximum absolute atomic E-state index is 12.9. The highest BCUT2D eigenvalue weighted by molar-refractivity contribution is 5.80. The van der Waals surface area contributed by atoms with Crippen molar-refractivity contribution in [3.8, 4) is 0 Å². The third-order valence-corrected chi connectivity index (χ3v) is 6.03. The summed E-state index contributed by atoms with van der Waals surface area (Å²) in [7, 11) is 0. The van der Waals surface area contributed by atoms with E-state index in [-0.39, 0.29) is 23.2 Å². The van der Waals surface area contributed by atoms with Crippen LogP contribution in [0, 0.1) is 11.8 Å². The molecule has 1 heterocycles. The van der Waals surface area contributed by atoms with Crippen LogP contribution in [0.5, 0.6) is 0 Å². The van der Waals surface area contributed by atoms with Crippen molar-refractivity contribution in [3.05, 3.63) is 35.4 Å². The highest BCUT2D eigenvalue weighted by atomic mass is 16.4. The van der Waals surface area contributed by atoms with Gasteiger partial charge in [-0.15, -0.1) is 0 Å². The Labute approximate surface area is 136 Å². The summed E-state index contributed by atoms with van der Waals surface area (Å²) in [6, 6.07) is 8.53. The van der Waals surface area contributed by atoms with Crippen LogP contribution >= 0.6 is 0 Å². The fourth-order valence-electron chi connectivity index (χ4n) is 4.47. The Hall–Kier alpha value is -1.84. The first-order valence-electron chi connectivity index (χ1n) is 8.69. The van der Waals surface area contributed by atoms with Crippen molar-refractivity contribution in [3.63, 3.8) is 0 Å². The zero-order valence-corrected chi connectivity index (χ0v) is 13.3. The van der Waals surface area contributed by atoms with Gasteiger partial charge in [-0.05, 0) is 49.7 Å². The van der Waals surface area contributed by atoms with Gasteiger partial charge in [0.2, 0.25) is 5.91 Å². The number of carbonyl (C=O) groups is 2. The number of rotatable bonds is 2. The van der Waals surface area contributed by atoms with Gasteiger partial charge in [-0.3, -0.25) is 9.59 Å². The van der Waals surface area contributed by atoms with Crippen LogP contribution in [0.4, 0.5) is 0 Å². The minimum atomic E-state index is -0.709. The summed E-state index contributed by atoms with van der Waals surface area (Å²) in [5, 5.41) is 9.10. The molecule has 0 atom stereocenters. The summed E-state index contributed by atoms with van der Waals surface area (Å²) in [6.07, 6.45) is 5.09.